The normalized spacial score (nSPS) is 12.1. The smallest absolute Gasteiger partial charge is 0.244 e. The Morgan fingerprint density at radius 2 is 2.17 bits per heavy atom. The van der Waals surface area contributed by atoms with Crippen molar-refractivity contribution >= 4 is 28.8 Å². The van der Waals surface area contributed by atoms with Crippen LogP contribution in [0.4, 0.5) is 0 Å². The highest BCUT2D eigenvalue weighted by atomic mass is 35.5. The first kappa shape index (κ1) is 15.6. The third-order valence-electron chi connectivity index (χ3n) is 3.04. The molecular formula is C14H13ClN6OS. The van der Waals surface area contributed by atoms with Crippen molar-refractivity contribution in [1.82, 2.24) is 30.5 Å². The molecule has 9 heteroatoms. The van der Waals surface area contributed by atoms with Crippen molar-refractivity contribution in [3.63, 3.8) is 0 Å². The topological polar surface area (TPSA) is 85.6 Å². The van der Waals surface area contributed by atoms with Gasteiger partial charge < -0.3 is 5.32 Å². The van der Waals surface area contributed by atoms with Crippen LogP contribution in [0, 0.1) is 0 Å². The number of tetrazole rings is 1. The van der Waals surface area contributed by atoms with Crippen LogP contribution in [0.2, 0.25) is 5.02 Å². The van der Waals surface area contributed by atoms with Gasteiger partial charge in [0.2, 0.25) is 11.7 Å². The van der Waals surface area contributed by atoms with Crippen LogP contribution in [0.5, 0.6) is 0 Å². The van der Waals surface area contributed by atoms with Gasteiger partial charge in [-0.1, -0.05) is 11.6 Å². The first-order chi connectivity index (χ1) is 11.1. The molecule has 2 heterocycles. The number of nitrogens with zero attached hydrogens (tertiary/aromatic N) is 5. The molecule has 3 rings (SSSR count). The third-order valence-corrected chi connectivity index (χ3v) is 4.25. The second-order valence-electron chi connectivity index (χ2n) is 4.81. The van der Waals surface area contributed by atoms with E-state index in [1.165, 1.54) is 16.1 Å². The number of amides is 1. The predicted molar refractivity (Wildman–Crippen MR) is 86.9 cm³/mol. The molecule has 0 fully saturated rings. The lowest BCUT2D eigenvalue weighted by Gasteiger charge is -2.10. The van der Waals surface area contributed by atoms with Gasteiger partial charge in [-0.3, -0.25) is 4.79 Å². The fraction of sp³-hybridized carbons (Fsp3) is 0.214. The van der Waals surface area contributed by atoms with Gasteiger partial charge in [-0.05, 0) is 36.4 Å². The average Bonchev–Trinajstić information content (AvgIpc) is 3.19. The van der Waals surface area contributed by atoms with Crippen LogP contribution in [-0.2, 0) is 11.3 Å². The number of thiazole rings is 1. The predicted octanol–water partition coefficient (Wildman–Crippen LogP) is 2.33. The van der Waals surface area contributed by atoms with E-state index in [1.54, 1.807) is 30.5 Å². The van der Waals surface area contributed by atoms with Gasteiger partial charge in [0.05, 0.1) is 6.04 Å². The molecule has 0 spiro atoms. The van der Waals surface area contributed by atoms with Gasteiger partial charge >= 0.3 is 0 Å². The van der Waals surface area contributed by atoms with Crippen molar-refractivity contribution in [2.24, 2.45) is 0 Å². The Morgan fingerprint density at radius 3 is 2.87 bits per heavy atom. The summed E-state index contributed by atoms with van der Waals surface area (Å²) in [7, 11) is 0. The van der Waals surface area contributed by atoms with Crippen molar-refractivity contribution in [3.8, 4) is 11.4 Å². The molecule has 1 atom stereocenters. The number of hydrogen-bond donors (Lipinski definition) is 1. The van der Waals surface area contributed by atoms with E-state index >= 15 is 0 Å². The lowest BCUT2D eigenvalue weighted by atomic mass is 10.2. The lowest BCUT2D eigenvalue weighted by Crippen LogP contribution is -2.30. The summed E-state index contributed by atoms with van der Waals surface area (Å²) in [6, 6.07) is 6.95. The Kier molecular flexibility index (Phi) is 4.63. The maximum absolute atomic E-state index is 12.0. The fourth-order valence-corrected chi connectivity index (χ4v) is 2.72. The van der Waals surface area contributed by atoms with Crippen LogP contribution >= 0.6 is 22.9 Å². The highest BCUT2D eigenvalue weighted by Gasteiger charge is 2.14. The van der Waals surface area contributed by atoms with E-state index in [0.29, 0.717) is 10.8 Å². The van der Waals surface area contributed by atoms with E-state index in [0.717, 1.165) is 10.6 Å². The molecule has 1 N–H and O–H groups in total. The van der Waals surface area contributed by atoms with Crippen LogP contribution in [0.1, 0.15) is 18.0 Å². The Bertz CT molecular complexity index is 786. The lowest BCUT2D eigenvalue weighted by molar-refractivity contribution is -0.122. The minimum Gasteiger partial charge on any atom is -0.345 e. The number of nitrogens with one attached hydrogen (secondary N) is 1. The minimum absolute atomic E-state index is 0.00367. The molecule has 7 nitrogen and oxygen atoms in total. The first-order valence-corrected chi connectivity index (χ1v) is 8.10. The maximum Gasteiger partial charge on any atom is 0.244 e. The van der Waals surface area contributed by atoms with Gasteiger partial charge in [-0.15, -0.1) is 21.5 Å². The van der Waals surface area contributed by atoms with E-state index in [-0.39, 0.29) is 18.5 Å². The summed E-state index contributed by atoms with van der Waals surface area (Å²) in [5.41, 5.74) is 0.789. The summed E-state index contributed by atoms with van der Waals surface area (Å²) < 4.78 is 0. The number of rotatable bonds is 5. The molecule has 118 valence electrons. The van der Waals surface area contributed by atoms with E-state index in [4.69, 9.17) is 11.6 Å². The van der Waals surface area contributed by atoms with Crippen molar-refractivity contribution in [1.29, 1.82) is 0 Å². The summed E-state index contributed by atoms with van der Waals surface area (Å²) in [4.78, 5) is 17.5. The summed E-state index contributed by atoms with van der Waals surface area (Å²) in [6.45, 7) is 1.88. The molecule has 1 aromatic carbocycles. The number of aromatic nitrogens is 5. The number of benzene rings is 1. The Hall–Kier alpha value is -2.32. The van der Waals surface area contributed by atoms with Crippen LogP contribution in [0.3, 0.4) is 0 Å². The van der Waals surface area contributed by atoms with Gasteiger partial charge in [-0.2, -0.15) is 4.80 Å². The van der Waals surface area contributed by atoms with Crippen LogP contribution < -0.4 is 5.32 Å². The first-order valence-electron chi connectivity index (χ1n) is 6.84. The van der Waals surface area contributed by atoms with Crippen LogP contribution in [0.25, 0.3) is 11.4 Å². The fourth-order valence-electron chi connectivity index (χ4n) is 1.95. The van der Waals surface area contributed by atoms with E-state index in [9.17, 15) is 4.79 Å². The molecule has 0 aliphatic rings. The average molecular weight is 349 g/mol. The molecule has 0 aliphatic heterocycles. The van der Waals surface area contributed by atoms with Crippen LogP contribution in [0.15, 0.2) is 35.8 Å². The minimum atomic E-state index is -0.201. The zero-order valence-corrected chi connectivity index (χ0v) is 13.8. The molecule has 0 bridgehead atoms. The Balaban J connectivity index is 1.62. The van der Waals surface area contributed by atoms with E-state index in [1.807, 2.05) is 12.3 Å². The molecule has 0 radical (unpaired) electrons. The molecule has 3 aromatic rings. The van der Waals surface area contributed by atoms with Crippen molar-refractivity contribution < 1.29 is 4.79 Å². The summed E-state index contributed by atoms with van der Waals surface area (Å²) in [6.07, 6.45) is 1.71. The zero-order valence-electron chi connectivity index (χ0n) is 12.2. The molecule has 23 heavy (non-hydrogen) atoms. The Labute approximate surface area is 141 Å². The molecule has 0 saturated heterocycles. The van der Waals surface area contributed by atoms with Gasteiger partial charge in [0.15, 0.2) is 0 Å². The summed E-state index contributed by atoms with van der Waals surface area (Å²) in [5, 5.41) is 18.2. The maximum atomic E-state index is 12.0. The Morgan fingerprint density at radius 1 is 1.39 bits per heavy atom. The van der Waals surface area contributed by atoms with Crippen LogP contribution in [-0.4, -0.2) is 31.1 Å². The second kappa shape index (κ2) is 6.84. The van der Waals surface area contributed by atoms with Crippen molar-refractivity contribution in [3.05, 3.63) is 45.9 Å². The molecular weight excluding hydrogens is 336 g/mol. The second-order valence-corrected chi connectivity index (χ2v) is 6.17. The number of carbonyl (C=O) groups is 1. The molecule has 1 amide bonds. The van der Waals surface area contributed by atoms with Crippen molar-refractivity contribution in [2.45, 2.75) is 19.5 Å². The van der Waals surface area contributed by atoms with E-state index in [2.05, 4.69) is 25.7 Å². The quantitative estimate of drug-likeness (QED) is 0.764. The number of hydrogen-bond acceptors (Lipinski definition) is 6. The molecule has 2 aromatic heterocycles. The molecule has 0 saturated carbocycles. The number of halogens is 1. The van der Waals surface area contributed by atoms with E-state index < -0.39 is 0 Å². The van der Waals surface area contributed by atoms with Crippen molar-refractivity contribution in [2.75, 3.05) is 0 Å². The monoisotopic (exact) mass is 348 g/mol. The summed E-state index contributed by atoms with van der Waals surface area (Å²) in [5.74, 6) is 0.246. The highest BCUT2D eigenvalue weighted by Crippen LogP contribution is 2.17. The number of carbonyl (C=O) groups excluding carboxylic acids is 1. The molecule has 0 aliphatic carbocycles. The van der Waals surface area contributed by atoms with Gasteiger partial charge in [0.1, 0.15) is 11.6 Å². The van der Waals surface area contributed by atoms with Gasteiger partial charge in [0, 0.05) is 22.2 Å². The molecule has 1 unspecified atom stereocenters. The highest BCUT2D eigenvalue weighted by molar-refractivity contribution is 7.09. The standard InChI is InChI=1S/C14H13ClN6OS/c1-9(14-16-6-7-23-14)17-12(22)8-21-19-13(18-20-21)10-2-4-11(15)5-3-10/h2-7,9H,8H2,1H3,(H,17,22). The van der Waals surface area contributed by atoms with Gasteiger partial charge in [0.25, 0.3) is 0 Å². The SMILES string of the molecule is CC(NC(=O)Cn1nnc(-c2ccc(Cl)cc2)n1)c1nccs1. The largest absolute Gasteiger partial charge is 0.345 e. The summed E-state index contributed by atoms with van der Waals surface area (Å²) >= 11 is 7.34. The third kappa shape index (κ3) is 3.91. The van der Waals surface area contributed by atoms with Gasteiger partial charge in [-0.25, -0.2) is 4.98 Å². The zero-order chi connectivity index (χ0) is 16.2.